The summed E-state index contributed by atoms with van der Waals surface area (Å²) in [6, 6.07) is 3.84. The van der Waals surface area contributed by atoms with Crippen LogP contribution in [0.4, 0.5) is 5.82 Å². The summed E-state index contributed by atoms with van der Waals surface area (Å²) in [5, 5.41) is 11.9. The second-order valence-corrected chi connectivity index (χ2v) is 4.05. The SMILES string of the molecule is CCc1cc(C#N)cn2c(=O)c(C)c(NC)nc12. The van der Waals surface area contributed by atoms with Crippen molar-refractivity contribution in [3.8, 4) is 6.07 Å². The highest BCUT2D eigenvalue weighted by Crippen LogP contribution is 2.15. The number of nitrogens with zero attached hydrogens (tertiary/aromatic N) is 3. The average molecular weight is 242 g/mol. The van der Waals surface area contributed by atoms with Crippen molar-refractivity contribution in [3.05, 3.63) is 39.3 Å². The van der Waals surface area contributed by atoms with Crippen LogP contribution in [0, 0.1) is 18.3 Å². The number of nitrogens with one attached hydrogen (secondary N) is 1. The highest BCUT2D eigenvalue weighted by atomic mass is 16.1. The van der Waals surface area contributed by atoms with Crippen molar-refractivity contribution >= 4 is 11.5 Å². The maximum absolute atomic E-state index is 12.2. The van der Waals surface area contributed by atoms with E-state index in [4.69, 9.17) is 5.26 Å². The topological polar surface area (TPSA) is 70.2 Å². The van der Waals surface area contributed by atoms with Crippen LogP contribution >= 0.6 is 0 Å². The molecule has 2 rings (SSSR count). The molecule has 2 heterocycles. The van der Waals surface area contributed by atoms with E-state index in [1.165, 1.54) is 10.6 Å². The minimum Gasteiger partial charge on any atom is -0.373 e. The number of aromatic nitrogens is 2. The molecular formula is C13H14N4O. The van der Waals surface area contributed by atoms with Gasteiger partial charge >= 0.3 is 0 Å². The molecule has 0 radical (unpaired) electrons. The zero-order chi connectivity index (χ0) is 13.3. The van der Waals surface area contributed by atoms with E-state index >= 15 is 0 Å². The highest BCUT2D eigenvalue weighted by molar-refractivity contribution is 5.57. The van der Waals surface area contributed by atoms with Crippen molar-refractivity contribution in [3.63, 3.8) is 0 Å². The van der Waals surface area contributed by atoms with Crippen molar-refractivity contribution in [2.45, 2.75) is 20.3 Å². The summed E-state index contributed by atoms with van der Waals surface area (Å²) in [6.07, 6.45) is 2.26. The van der Waals surface area contributed by atoms with Gasteiger partial charge in [-0.15, -0.1) is 0 Å². The third-order valence-electron chi connectivity index (χ3n) is 2.97. The van der Waals surface area contributed by atoms with E-state index in [1.807, 2.05) is 6.92 Å². The van der Waals surface area contributed by atoms with E-state index in [0.717, 1.165) is 12.0 Å². The van der Waals surface area contributed by atoms with Gasteiger partial charge in [0.25, 0.3) is 5.56 Å². The van der Waals surface area contributed by atoms with Gasteiger partial charge in [0.15, 0.2) is 0 Å². The number of nitriles is 1. The predicted molar refractivity (Wildman–Crippen MR) is 69.8 cm³/mol. The Bertz CT molecular complexity index is 709. The number of pyridine rings is 1. The van der Waals surface area contributed by atoms with Gasteiger partial charge in [0, 0.05) is 13.2 Å². The molecule has 0 aliphatic rings. The molecule has 5 heteroatoms. The molecule has 1 N–H and O–H groups in total. The molecule has 0 aliphatic carbocycles. The molecule has 0 saturated heterocycles. The van der Waals surface area contributed by atoms with Gasteiger partial charge in [0.2, 0.25) is 0 Å². The Morgan fingerprint density at radius 1 is 1.56 bits per heavy atom. The molecule has 92 valence electrons. The second-order valence-electron chi connectivity index (χ2n) is 4.05. The lowest BCUT2D eigenvalue weighted by Crippen LogP contribution is -2.21. The molecule has 18 heavy (non-hydrogen) atoms. The van der Waals surface area contributed by atoms with Crippen molar-refractivity contribution in [2.24, 2.45) is 0 Å². The van der Waals surface area contributed by atoms with Crippen molar-refractivity contribution < 1.29 is 0 Å². The molecule has 0 amide bonds. The lowest BCUT2D eigenvalue weighted by atomic mass is 10.1. The third-order valence-corrected chi connectivity index (χ3v) is 2.97. The standard InChI is InChI=1S/C13H14N4O/c1-4-10-5-9(6-14)7-17-12(10)16-11(15-3)8(2)13(17)18/h5,7,15H,4H2,1-3H3. The van der Waals surface area contributed by atoms with E-state index in [1.54, 1.807) is 20.0 Å². The maximum Gasteiger partial charge on any atom is 0.262 e. The number of rotatable bonds is 2. The quantitative estimate of drug-likeness (QED) is 0.866. The molecule has 0 aromatic carbocycles. The Morgan fingerprint density at radius 2 is 2.28 bits per heavy atom. The van der Waals surface area contributed by atoms with Gasteiger partial charge in [-0.1, -0.05) is 6.92 Å². The zero-order valence-electron chi connectivity index (χ0n) is 10.6. The van der Waals surface area contributed by atoms with Crippen LogP contribution in [0.25, 0.3) is 5.65 Å². The summed E-state index contributed by atoms with van der Waals surface area (Å²) in [5.41, 5.74) is 2.38. The van der Waals surface area contributed by atoms with E-state index in [9.17, 15) is 4.79 Å². The van der Waals surface area contributed by atoms with Crippen LogP contribution in [0.15, 0.2) is 17.1 Å². The normalized spacial score (nSPS) is 10.3. The van der Waals surface area contributed by atoms with Crippen molar-refractivity contribution in [1.82, 2.24) is 9.38 Å². The number of hydrogen-bond acceptors (Lipinski definition) is 4. The van der Waals surface area contributed by atoms with Gasteiger partial charge in [-0.05, 0) is 25.0 Å². The Hall–Kier alpha value is -2.35. The smallest absolute Gasteiger partial charge is 0.262 e. The molecule has 2 aromatic heterocycles. The first-order chi connectivity index (χ1) is 8.62. The Balaban J connectivity index is 2.97. The van der Waals surface area contributed by atoms with Crippen LogP contribution in [0.2, 0.25) is 0 Å². The van der Waals surface area contributed by atoms with Gasteiger partial charge in [0.1, 0.15) is 17.5 Å². The molecule has 0 atom stereocenters. The average Bonchev–Trinajstić information content (AvgIpc) is 2.41. The maximum atomic E-state index is 12.2. The van der Waals surface area contributed by atoms with Gasteiger partial charge < -0.3 is 5.32 Å². The molecule has 0 saturated carbocycles. The second kappa shape index (κ2) is 4.49. The largest absolute Gasteiger partial charge is 0.373 e. The molecule has 0 fully saturated rings. The lowest BCUT2D eigenvalue weighted by Gasteiger charge is -2.10. The van der Waals surface area contributed by atoms with Gasteiger partial charge in [0.05, 0.1) is 11.1 Å². The molecule has 0 aliphatic heterocycles. The Morgan fingerprint density at radius 3 is 2.83 bits per heavy atom. The van der Waals surface area contributed by atoms with Crippen LogP contribution in [-0.2, 0) is 6.42 Å². The van der Waals surface area contributed by atoms with E-state index < -0.39 is 0 Å². The van der Waals surface area contributed by atoms with Crippen molar-refractivity contribution in [1.29, 1.82) is 5.26 Å². The van der Waals surface area contributed by atoms with Gasteiger partial charge in [-0.2, -0.15) is 5.26 Å². The van der Waals surface area contributed by atoms with Crippen LogP contribution in [-0.4, -0.2) is 16.4 Å². The fourth-order valence-electron chi connectivity index (χ4n) is 1.96. The Labute approximate surface area is 105 Å². The van der Waals surface area contributed by atoms with Crippen LogP contribution in [0.3, 0.4) is 0 Å². The first kappa shape index (κ1) is 12.1. The molecule has 0 unspecified atom stereocenters. The zero-order valence-corrected chi connectivity index (χ0v) is 10.6. The van der Waals surface area contributed by atoms with Gasteiger partial charge in [-0.25, -0.2) is 4.98 Å². The Kier molecular flexibility index (Phi) is 3.02. The minimum absolute atomic E-state index is 0.142. The molecule has 2 aromatic rings. The number of fused-ring (bicyclic) bond motifs is 1. The lowest BCUT2D eigenvalue weighted by molar-refractivity contribution is 0.980. The minimum atomic E-state index is -0.142. The fourth-order valence-corrected chi connectivity index (χ4v) is 1.96. The fraction of sp³-hybridized carbons (Fsp3) is 0.308. The van der Waals surface area contributed by atoms with Crippen LogP contribution < -0.4 is 10.9 Å². The number of aryl methyl sites for hydroxylation is 1. The summed E-state index contributed by atoms with van der Waals surface area (Å²) in [4.78, 5) is 16.7. The molecule has 5 nitrogen and oxygen atoms in total. The van der Waals surface area contributed by atoms with E-state index in [2.05, 4.69) is 16.4 Å². The summed E-state index contributed by atoms with van der Waals surface area (Å²) in [5.74, 6) is 0.583. The summed E-state index contributed by atoms with van der Waals surface area (Å²) in [7, 11) is 1.74. The first-order valence-corrected chi connectivity index (χ1v) is 5.76. The van der Waals surface area contributed by atoms with Gasteiger partial charge in [-0.3, -0.25) is 9.20 Å². The predicted octanol–water partition coefficient (Wildman–Crippen LogP) is 1.48. The monoisotopic (exact) mass is 242 g/mol. The summed E-state index contributed by atoms with van der Waals surface area (Å²) >= 11 is 0. The van der Waals surface area contributed by atoms with E-state index in [-0.39, 0.29) is 5.56 Å². The molecular weight excluding hydrogens is 228 g/mol. The van der Waals surface area contributed by atoms with Crippen LogP contribution in [0.1, 0.15) is 23.6 Å². The molecule has 0 spiro atoms. The third kappa shape index (κ3) is 1.72. The summed E-state index contributed by atoms with van der Waals surface area (Å²) < 4.78 is 1.45. The summed E-state index contributed by atoms with van der Waals surface area (Å²) in [6.45, 7) is 3.69. The molecule has 0 bridgehead atoms. The highest BCUT2D eigenvalue weighted by Gasteiger charge is 2.11. The number of hydrogen-bond donors (Lipinski definition) is 1. The number of anilines is 1. The van der Waals surface area contributed by atoms with E-state index in [0.29, 0.717) is 22.6 Å². The van der Waals surface area contributed by atoms with Crippen molar-refractivity contribution in [2.75, 3.05) is 12.4 Å². The van der Waals surface area contributed by atoms with Crippen LogP contribution in [0.5, 0.6) is 0 Å². The first-order valence-electron chi connectivity index (χ1n) is 5.76.